The summed E-state index contributed by atoms with van der Waals surface area (Å²) in [6.07, 6.45) is 5.21. The van der Waals surface area contributed by atoms with Gasteiger partial charge in [-0.15, -0.1) is 0 Å². The van der Waals surface area contributed by atoms with Crippen LogP contribution in [-0.2, 0) is 28.6 Å². The number of hydrogen-bond acceptors (Lipinski definition) is 8. The van der Waals surface area contributed by atoms with Crippen molar-refractivity contribution in [1.29, 1.82) is 0 Å². The number of carbonyl (C=O) groups excluding carboxylic acids is 4. The molecule has 12 nitrogen and oxygen atoms in total. The Labute approximate surface area is 236 Å². The van der Waals surface area contributed by atoms with Gasteiger partial charge in [-0.25, -0.2) is 4.79 Å². The lowest BCUT2D eigenvalue weighted by Gasteiger charge is -2.17. The van der Waals surface area contributed by atoms with E-state index < -0.39 is 0 Å². The predicted molar refractivity (Wildman–Crippen MR) is 150 cm³/mol. The third kappa shape index (κ3) is 13.7. The van der Waals surface area contributed by atoms with Crippen LogP contribution in [0.25, 0.3) is 0 Å². The first-order chi connectivity index (χ1) is 18.9. The second-order valence-corrected chi connectivity index (χ2v) is 10.9. The molecule has 0 aliphatic carbocycles. The minimum absolute atomic E-state index is 0.00146. The van der Waals surface area contributed by atoms with Crippen LogP contribution in [0.1, 0.15) is 51.9 Å². The number of fused-ring (bicyclic) bond motifs is 1. The van der Waals surface area contributed by atoms with E-state index in [1.807, 2.05) is 23.7 Å². The maximum Gasteiger partial charge on any atom is 0.317 e. The van der Waals surface area contributed by atoms with Crippen molar-refractivity contribution >= 4 is 35.5 Å². The smallest absolute Gasteiger partial charge is 0.317 e. The summed E-state index contributed by atoms with van der Waals surface area (Å²) in [6.45, 7) is 5.84. The average molecular weight is 574 g/mol. The van der Waals surface area contributed by atoms with Crippen LogP contribution in [0.4, 0.5) is 4.79 Å². The molecule has 3 atom stereocenters. The van der Waals surface area contributed by atoms with Gasteiger partial charge in [0, 0.05) is 57.2 Å². The van der Waals surface area contributed by atoms with E-state index in [2.05, 4.69) is 21.3 Å². The molecule has 5 amide bonds. The number of unbranched alkanes of at least 4 members (excludes halogenated alkanes) is 1. The van der Waals surface area contributed by atoms with Crippen LogP contribution >= 0.6 is 11.8 Å². The van der Waals surface area contributed by atoms with Crippen LogP contribution in [0.5, 0.6) is 0 Å². The van der Waals surface area contributed by atoms with Crippen LogP contribution in [0, 0.1) is 0 Å². The number of nitrogens with zero attached hydrogens (tertiary/aromatic N) is 1. The lowest BCUT2D eigenvalue weighted by molar-refractivity contribution is -0.125. The van der Waals surface area contributed by atoms with Crippen molar-refractivity contribution in [2.24, 2.45) is 0 Å². The molecule has 2 heterocycles. The van der Waals surface area contributed by atoms with Crippen molar-refractivity contribution in [1.82, 2.24) is 26.2 Å². The van der Waals surface area contributed by atoms with E-state index in [4.69, 9.17) is 14.2 Å². The zero-order valence-electron chi connectivity index (χ0n) is 23.5. The summed E-state index contributed by atoms with van der Waals surface area (Å²) < 4.78 is 16.4. The summed E-state index contributed by atoms with van der Waals surface area (Å²) in [5.41, 5.74) is 0. The lowest BCUT2D eigenvalue weighted by atomic mass is 10.0. The van der Waals surface area contributed by atoms with Crippen molar-refractivity contribution in [2.45, 2.75) is 69.2 Å². The Kier molecular flexibility index (Phi) is 16.9. The van der Waals surface area contributed by atoms with Gasteiger partial charge in [0.15, 0.2) is 0 Å². The van der Waals surface area contributed by atoms with E-state index in [0.29, 0.717) is 83.3 Å². The number of nitrogens with one attached hydrogen (secondary N) is 4. The maximum atomic E-state index is 12.0. The van der Waals surface area contributed by atoms with Gasteiger partial charge in [-0.1, -0.05) is 13.3 Å². The van der Waals surface area contributed by atoms with Gasteiger partial charge >= 0.3 is 6.03 Å². The van der Waals surface area contributed by atoms with Gasteiger partial charge in [0.25, 0.3) is 0 Å². The van der Waals surface area contributed by atoms with Crippen LogP contribution in [0.15, 0.2) is 0 Å². The first kappa shape index (κ1) is 33.1. The third-order valence-corrected chi connectivity index (χ3v) is 8.12. The standard InChI is InChI=1S/C26H47N5O7S/c1-3-22(32)29-18-24(34)28-11-7-13-37-15-17-38-16-14-36-12-6-10-27-23(33)9-5-4-8-21-25-20(19-39-21)31(2)26(35)30-25/h20-21,25H,3-19H2,1-2H3,(H,27,33)(H,28,34)(H,29,32)(H,30,35)/t20?,21-,25?/m1/s1. The van der Waals surface area contributed by atoms with E-state index in [1.165, 1.54) is 0 Å². The van der Waals surface area contributed by atoms with Crippen LogP contribution in [-0.4, -0.2) is 118 Å². The number of thioether (sulfide) groups is 1. The van der Waals surface area contributed by atoms with E-state index in [0.717, 1.165) is 31.4 Å². The van der Waals surface area contributed by atoms with Gasteiger partial charge in [0.2, 0.25) is 17.7 Å². The molecule has 224 valence electrons. The van der Waals surface area contributed by atoms with Crippen molar-refractivity contribution in [3.8, 4) is 0 Å². The molecule has 0 radical (unpaired) electrons. The highest BCUT2D eigenvalue weighted by molar-refractivity contribution is 8.00. The molecule has 13 heteroatoms. The number of likely N-dealkylation sites (N-methyl/N-ethyl adjacent to an activating group) is 1. The fraction of sp³-hybridized carbons (Fsp3) is 0.846. The van der Waals surface area contributed by atoms with Crippen molar-refractivity contribution in [3.05, 3.63) is 0 Å². The third-order valence-electron chi connectivity index (χ3n) is 6.63. The first-order valence-corrected chi connectivity index (χ1v) is 15.2. The number of ether oxygens (including phenoxy) is 3. The van der Waals surface area contributed by atoms with Crippen LogP contribution < -0.4 is 21.3 Å². The molecule has 4 N–H and O–H groups in total. The van der Waals surface area contributed by atoms with Gasteiger partial charge in [-0.3, -0.25) is 14.4 Å². The Balaban J connectivity index is 1.27. The van der Waals surface area contributed by atoms with Crippen LogP contribution in [0.3, 0.4) is 0 Å². The summed E-state index contributed by atoms with van der Waals surface area (Å²) in [4.78, 5) is 48.2. The Bertz CT molecular complexity index is 760. The van der Waals surface area contributed by atoms with Crippen molar-refractivity contribution < 1.29 is 33.4 Å². The number of amides is 5. The largest absolute Gasteiger partial charge is 0.379 e. The van der Waals surface area contributed by atoms with Crippen LogP contribution in [0.2, 0.25) is 0 Å². The molecule has 39 heavy (non-hydrogen) atoms. The van der Waals surface area contributed by atoms with E-state index in [-0.39, 0.29) is 36.3 Å². The second kappa shape index (κ2) is 19.9. The second-order valence-electron chi connectivity index (χ2n) is 9.65. The van der Waals surface area contributed by atoms with Gasteiger partial charge in [-0.05, 0) is 25.7 Å². The van der Waals surface area contributed by atoms with Gasteiger partial charge in [0.1, 0.15) is 0 Å². The molecule has 0 saturated carbocycles. The fourth-order valence-corrected chi connectivity index (χ4v) is 5.97. The minimum Gasteiger partial charge on any atom is -0.379 e. The summed E-state index contributed by atoms with van der Waals surface area (Å²) in [5.74, 6) is 0.711. The number of rotatable bonds is 22. The van der Waals surface area contributed by atoms with Crippen molar-refractivity contribution in [2.75, 3.05) is 72.1 Å². The molecular weight excluding hydrogens is 526 g/mol. The molecule has 2 unspecified atom stereocenters. The first-order valence-electron chi connectivity index (χ1n) is 14.1. The topological polar surface area (TPSA) is 147 Å². The van der Waals surface area contributed by atoms with E-state index >= 15 is 0 Å². The molecule has 0 aromatic heterocycles. The molecule has 0 aromatic rings. The molecule has 2 fully saturated rings. The SMILES string of the molecule is CCC(=O)NCC(=O)NCCCOCCOCCOCCCNC(=O)CCCC[C@H]1SCC2C1NC(=O)N2C. The van der Waals surface area contributed by atoms with E-state index in [9.17, 15) is 19.2 Å². The highest BCUT2D eigenvalue weighted by atomic mass is 32.2. The molecule has 0 aromatic carbocycles. The molecule has 0 bridgehead atoms. The number of hydrogen-bond donors (Lipinski definition) is 4. The Hall–Kier alpha value is -2.09. The van der Waals surface area contributed by atoms with Gasteiger partial charge in [-0.2, -0.15) is 11.8 Å². The Morgan fingerprint density at radius 3 is 2.13 bits per heavy atom. The zero-order chi connectivity index (χ0) is 28.3. The zero-order valence-corrected chi connectivity index (χ0v) is 24.3. The Morgan fingerprint density at radius 2 is 1.49 bits per heavy atom. The quantitative estimate of drug-likeness (QED) is 0.109. The Morgan fingerprint density at radius 1 is 0.872 bits per heavy atom. The van der Waals surface area contributed by atoms with Gasteiger partial charge in [0.05, 0.1) is 45.1 Å². The lowest BCUT2D eigenvalue weighted by Crippen LogP contribution is -2.37. The average Bonchev–Trinajstić information content (AvgIpc) is 3.45. The number of urea groups is 1. The summed E-state index contributed by atoms with van der Waals surface area (Å²) in [6, 6.07) is 0.573. The van der Waals surface area contributed by atoms with Crippen molar-refractivity contribution in [3.63, 3.8) is 0 Å². The minimum atomic E-state index is -0.207. The summed E-state index contributed by atoms with van der Waals surface area (Å²) in [5, 5.41) is 11.7. The number of carbonyl (C=O) groups is 4. The molecule has 0 spiro atoms. The normalized spacial score (nSPS) is 20.0. The molecule has 2 rings (SSSR count). The maximum absolute atomic E-state index is 12.0. The molecule has 2 aliphatic heterocycles. The molecule has 2 saturated heterocycles. The fourth-order valence-electron chi connectivity index (χ4n) is 4.31. The van der Waals surface area contributed by atoms with E-state index in [1.54, 1.807) is 6.92 Å². The highest BCUT2D eigenvalue weighted by Crippen LogP contribution is 2.36. The predicted octanol–water partition coefficient (Wildman–Crippen LogP) is 0.643. The van der Waals surface area contributed by atoms with Gasteiger partial charge < -0.3 is 40.4 Å². The highest BCUT2D eigenvalue weighted by Gasteiger charge is 2.46. The summed E-state index contributed by atoms with van der Waals surface area (Å²) in [7, 11) is 1.86. The monoisotopic (exact) mass is 573 g/mol. The summed E-state index contributed by atoms with van der Waals surface area (Å²) >= 11 is 1.93. The molecule has 2 aliphatic rings. The molecular formula is C26H47N5O7S.